The molecule has 1 aromatic carbocycles. The Morgan fingerprint density at radius 1 is 1.18 bits per heavy atom. The number of amides is 3. The Hall–Kier alpha value is -3.07. The van der Waals surface area contributed by atoms with Crippen LogP contribution in [0.1, 0.15) is 23.3 Å². The summed E-state index contributed by atoms with van der Waals surface area (Å²) in [7, 11) is 1.66. The van der Waals surface area contributed by atoms with Crippen LogP contribution >= 0.6 is 0 Å². The number of rotatable bonds is 8. The number of nitrogens with one attached hydrogen (secondary N) is 1. The van der Waals surface area contributed by atoms with Crippen molar-refractivity contribution in [3.8, 4) is 11.3 Å². The zero-order valence-electron chi connectivity index (χ0n) is 15.5. The second kappa shape index (κ2) is 8.75. The zero-order valence-corrected chi connectivity index (χ0v) is 15.5. The standard InChI is InChI=1S/C19H21FN4O4/c1-23-16(12-15(22-23)13-2-4-14(20)5-3-13)19(27)21-8-10-28-11-9-24-17(25)6-7-18(24)26/h2-5,12H,6-11H2,1H3,(H,21,27). The molecule has 0 saturated carbocycles. The summed E-state index contributed by atoms with van der Waals surface area (Å²) < 4.78 is 19.9. The van der Waals surface area contributed by atoms with Crippen LogP contribution in [0.15, 0.2) is 30.3 Å². The fourth-order valence-corrected chi connectivity index (χ4v) is 2.90. The number of nitrogens with zero attached hydrogens (tertiary/aromatic N) is 3. The van der Waals surface area contributed by atoms with Crippen LogP contribution in [-0.2, 0) is 21.4 Å². The molecule has 2 heterocycles. The normalized spacial score (nSPS) is 14.0. The van der Waals surface area contributed by atoms with Gasteiger partial charge in [-0.2, -0.15) is 5.10 Å². The molecule has 0 spiro atoms. The highest BCUT2D eigenvalue weighted by Crippen LogP contribution is 2.19. The molecule has 1 saturated heterocycles. The van der Waals surface area contributed by atoms with Gasteiger partial charge in [-0.3, -0.25) is 24.0 Å². The molecule has 148 valence electrons. The molecular formula is C19H21FN4O4. The molecule has 0 radical (unpaired) electrons. The average Bonchev–Trinajstić information content (AvgIpc) is 3.21. The van der Waals surface area contributed by atoms with Gasteiger partial charge < -0.3 is 10.1 Å². The topological polar surface area (TPSA) is 93.5 Å². The fraction of sp³-hybridized carbons (Fsp3) is 0.368. The van der Waals surface area contributed by atoms with Gasteiger partial charge in [-0.05, 0) is 30.3 Å². The van der Waals surface area contributed by atoms with Crippen LogP contribution in [0.4, 0.5) is 4.39 Å². The number of benzene rings is 1. The second-order valence-corrected chi connectivity index (χ2v) is 6.35. The number of aromatic nitrogens is 2. The molecule has 1 aromatic heterocycles. The Morgan fingerprint density at radius 2 is 1.86 bits per heavy atom. The van der Waals surface area contributed by atoms with Crippen molar-refractivity contribution in [2.75, 3.05) is 26.3 Å². The minimum Gasteiger partial charge on any atom is -0.378 e. The highest BCUT2D eigenvalue weighted by atomic mass is 19.1. The van der Waals surface area contributed by atoms with Crippen molar-refractivity contribution in [3.05, 3.63) is 41.8 Å². The maximum Gasteiger partial charge on any atom is 0.269 e. The van der Waals surface area contributed by atoms with Crippen molar-refractivity contribution in [1.82, 2.24) is 20.0 Å². The summed E-state index contributed by atoms with van der Waals surface area (Å²) >= 11 is 0. The molecule has 1 N–H and O–H groups in total. The smallest absolute Gasteiger partial charge is 0.269 e. The predicted octanol–water partition coefficient (Wildman–Crippen LogP) is 1.12. The van der Waals surface area contributed by atoms with Gasteiger partial charge in [0.05, 0.1) is 25.5 Å². The Labute approximate surface area is 161 Å². The number of ether oxygens (including phenoxy) is 1. The van der Waals surface area contributed by atoms with Crippen LogP contribution in [0.5, 0.6) is 0 Å². The van der Waals surface area contributed by atoms with Crippen LogP contribution in [0, 0.1) is 5.82 Å². The van der Waals surface area contributed by atoms with Gasteiger partial charge in [0.15, 0.2) is 0 Å². The number of hydrogen-bond donors (Lipinski definition) is 1. The maximum atomic E-state index is 13.0. The first-order chi connectivity index (χ1) is 13.5. The minimum absolute atomic E-state index is 0.171. The van der Waals surface area contributed by atoms with Crippen LogP contribution in [-0.4, -0.2) is 58.7 Å². The molecule has 3 rings (SSSR count). The highest BCUT2D eigenvalue weighted by Gasteiger charge is 2.28. The van der Waals surface area contributed by atoms with E-state index < -0.39 is 0 Å². The number of aryl methyl sites for hydroxylation is 1. The molecule has 0 aliphatic carbocycles. The Kier molecular flexibility index (Phi) is 6.15. The van der Waals surface area contributed by atoms with Crippen LogP contribution in [0.2, 0.25) is 0 Å². The summed E-state index contributed by atoms with van der Waals surface area (Å²) in [6.07, 6.45) is 0.527. The Morgan fingerprint density at radius 3 is 2.54 bits per heavy atom. The van der Waals surface area contributed by atoms with Crippen molar-refractivity contribution in [2.24, 2.45) is 7.05 Å². The molecule has 3 amide bonds. The number of hydrogen-bond acceptors (Lipinski definition) is 5. The summed E-state index contributed by atoms with van der Waals surface area (Å²) in [5, 5.41) is 7.01. The maximum absolute atomic E-state index is 13.0. The van der Waals surface area contributed by atoms with E-state index in [1.54, 1.807) is 25.2 Å². The summed E-state index contributed by atoms with van der Waals surface area (Å²) in [4.78, 5) is 36.4. The molecule has 2 aromatic rings. The van der Waals surface area contributed by atoms with Crippen molar-refractivity contribution >= 4 is 17.7 Å². The number of carbonyl (C=O) groups is 3. The molecule has 0 atom stereocenters. The molecule has 8 nitrogen and oxygen atoms in total. The largest absolute Gasteiger partial charge is 0.378 e. The van der Waals surface area contributed by atoms with E-state index >= 15 is 0 Å². The highest BCUT2D eigenvalue weighted by molar-refractivity contribution is 6.01. The van der Waals surface area contributed by atoms with Crippen LogP contribution in [0.25, 0.3) is 11.3 Å². The molecule has 0 unspecified atom stereocenters. The van der Waals surface area contributed by atoms with E-state index in [-0.39, 0.29) is 62.7 Å². The zero-order chi connectivity index (χ0) is 20.1. The van der Waals surface area contributed by atoms with Gasteiger partial charge in [0.1, 0.15) is 11.5 Å². The lowest BCUT2D eigenvalue weighted by atomic mass is 10.1. The lowest BCUT2D eigenvalue weighted by molar-refractivity contribution is -0.139. The van der Waals surface area contributed by atoms with Gasteiger partial charge in [-0.1, -0.05) is 0 Å². The van der Waals surface area contributed by atoms with Gasteiger partial charge >= 0.3 is 0 Å². The first kappa shape index (κ1) is 19.7. The van der Waals surface area contributed by atoms with Gasteiger partial charge in [-0.25, -0.2) is 4.39 Å². The molecule has 28 heavy (non-hydrogen) atoms. The summed E-state index contributed by atoms with van der Waals surface area (Å²) in [6, 6.07) is 7.51. The molecule has 1 aliphatic heterocycles. The van der Waals surface area contributed by atoms with Crippen LogP contribution < -0.4 is 5.32 Å². The van der Waals surface area contributed by atoms with Gasteiger partial charge in [0, 0.05) is 32.0 Å². The van der Waals surface area contributed by atoms with E-state index in [2.05, 4.69) is 10.4 Å². The fourth-order valence-electron chi connectivity index (χ4n) is 2.90. The summed E-state index contributed by atoms with van der Waals surface area (Å²) in [5.41, 5.74) is 1.65. The average molecular weight is 388 g/mol. The lowest BCUT2D eigenvalue weighted by Gasteiger charge is -2.13. The van der Waals surface area contributed by atoms with E-state index in [9.17, 15) is 18.8 Å². The number of halogens is 1. The third-order valence-electron chi connectivity index (χ3n) is 4.40. The minimum atomic E-state index is -0.337. The van der Waals surface area contributed by atoms with Gasteiger partial charge in [-0.15, -0.1) is 0 Å². The lowest BCUT2D eigenvalue weighted by Crippen LogP contribution is -2.33. The van der Waals surface area contributed by atoms with Gasteiger partial charge in [0.25, 0.3) is 5.91 Å². The van der Waals surface area contributed by atoms with Crippen molar-refractivity contribution < 1.29 is 23.5 Å². The Bertz CT molecular complexity index is 863. The SMILES string of the molecule is Cn1nc(-c2ccc(F)cc2)cc1C(=O)NCCOCCN1C(=O)CCC1=O. The third kappa shape index (κ3) is 4.61. The first-order valence-electron chi connectivity index (χ1n) is 8.95. The molecular weight excluding hydrogens is 367 g/mol. The van der Waals surface area contributed by atoms with E-state index in [1.165, 1.54) is 21.7 Å². The third-order valence-corrected chi connectivity index (χ3v) is 4.40. The van der Waals surface area contributed by atoms with E-state index in [4.69, 9.17) is 4.74 Å². The number of imide groups is 1. The second-order valence-electron chi connectivity index (χ2n) is 6.35. The molecule has 1 fully saturated rings. The summed E-state index contributed by atoms with van der Waals surface area (Å²) in [5.74, 6) is -0.988. The molecule has 9 heteroatoms. The Balaban J connectivity index is 1.43. The van der Waals surface area contributed by atoms with Crippen molar-refractivity contribution in [3.63, 3.8) is 0 Å². The van der Waals surface area contributed by atoms with Crippen LogP contribution in [0.3, 0.4) is 0 Å². The number of likely N-dealkylation sites (tertiary alicyclic amines) is 1. The van der Waals surface area contributed by atoms with Crippen molar-refractivity contribution in [1.29, 1.82) is 0 Å². The number of carbonyl (C=O) groups excluding carboxylic acids is 3. The first-order valence-corrected chi connectivity index (χ1v) is 8.95. The quantitative estimate of drug-likeness (QED) is 0.540. The predicted molar refractivity (Wildman–Crippen MR) is 97.7 cm³/mol. The van der Waals surface area contributed by atoms with E-state index in [0.717, 1.165) is 0 Å². The van der Waals surface area contributed by atoms with E-state index in [1.807, 2.05) is 0 Å². The molecule has 1 aliphatic rings. The monoisotopic (exact) mass is 388 g/mol. The molecule has 0 bridgehead atoms. The van der Waals surface area contributed by atoms with Gasteiger partial charge in [0.2, 0.25) is 11.8 Å². The summed E-state index contributed by atoms with van der Waals surface area (Å²) in [6.45, 7) is 0.991. The van der Waals surface area contributed by atoms with E-state index in [0.29, 0.717) is 17.0 Å². The van der Waals surface area contributed by atoms with Crippen molar-refractivity contribution in [2.45, 2.75) is 12.8 Å².